The van der Waals surface area contributed by atoms with E-state index in [1.807, 2.05) is 38.1 Å². The second kappa shape index (κ2) is 7.68. The smallest absolute Gasteiger partial charge is 0.319 e. The first kappa shape index (κ1) is 16.9. The molecular formula is C19H24N2O2. The summed E-state index contributed by atoms with van der Waals surface area (Å²) in [7, 11) is 0. The fourth-order valence-corrected chi connectivity index (χ4v) is 2.34. The van der Waals surface area contributed by atoms with Crippen molar-refractivity contribution in [1.82, 2.24) is 5.32 Å². The third-order valence-electron chi connectivity index (χ3n) is 3.90. The molecule has 0 aliphatic heterocycles. The van der Waals surface area contributed by atoms with Crippen molar-refractivity contribution in [1.29, 1.82) is 0 Å². The zero-order valence-corrected chi connectivity index (χ0v) is 14.2. The van der Waals surface area contributed by atoms with E-state index in [1.54, 1.807) is 0 Å². The Labute approximate surface area is 137 Å². The van der Waals surface area contributed by atoms with Crippen molar-refractivity contribution in [3.63, 3.8) is 0 Å². The van der Waals surface area contributed by atoms with Gasteiger partial charge in [-0.3, -0.25) is 0 Å². The van der Waals surface area contributed by atoms with Crippen molar-refractivity contribution in [3.8, 4) is 5.75 Å². The van der Waals surface area contributed by atoms with E-state index in [1.165, 1.54) is 5.56 Å². The molecule has 0 saturated carbocycles. The average Bonchev–Trinajstić information content (AvgIpc) is 2.52. The molecule has 0 aromatic heterocycles. The number of anilines is 1. The summed E-state index contributed by atoms with van der Waals surface area (Å²) in [6.07, 6.45) is 0. The van der Waals surface area contributed by atoms with Crippen LogP contribution in [0.1, 0.15) is 22.3 Å². The monoisotopic (exact) mass is 312 g/mol. The Kier molecular flexibility index (Phi) is 5.63. The van der Waals surface area contributed by atoms with Crippen LogP contribution >= 0.6 is 0 Å². The molecule has 0 unspecified atom stereocenters. The first-order valence-electron chi connectivity index (χ1n) is 7.79. The van der Waals surface area contributed by atoms with Gasteiger partial charge in [-0.1, -0.05) is 30.3 Å². The van der Waals surface area contributed by atoms with Gasteiger partial charge >= 0.3 is 6.03 Å². The van der Waals surface area contributed by atoms with Gasteiger partial charge in [0.25, 0.3) is 0 Å². The minimum absolute atomic E-state index is 0.222. The highest BCUT2D eigenvalue weighted by atomic mass is 16.5. The molecular weight excluding hydrogens is 288 g/mol. The van der Waals surface area contributed by atoms with Crippen molar-refractivity contribution in [2.75, 3.05) is 18.5 Å². The lowest BCUT2D eigenvalue weighted by Gasteiger charge is -2.14. The zero-order valence-electron chi connectivity index (χ0n) is 14.2. The van der Waals surface area contributed by atoms with E-state index < -0.39 is 0 Å². The quantitative estimate of drug-likeness (QED) is 0.816. The largest absolute Gasteiger partial charge is 0.491 e. The van der Waals surface area contributed by atoms with Crippen LogP contribution in [0.4, 0.5) is 10.5 Å². The molecule has 0 atom stereocenters. The molecule has 0 bridgehead atoms. The summed E-state index contributed by atoms with van der Waals surface area (Å²) in [5.41, 5.74) is 5.31. The van der Waals surface area contributed by atoms with E-state index >= 15 is 0 Å². The summed E-state index contributed by atoms with van der Waals surface area (Å²) < 4.78 is 5.83. The molecule has 2 amide bonds. The van der Waals surface area contributed by atoms with Gasteiger partial charge in [-0.15, -0.1) is 0 Å². The summed E-state index contributed by atoms with van der Waals surface area (Å²) in [5.74, 6) is 0.908. The maximum Gasteiger partial charge on any atom is 0.319 e. The summed E-state index contributed by atoms with van der Waals surface area (Å²) in [4.78, 5) is 11.9. The van der Waals surface area contributed by atoms with Crippen molar-refractivity contribution < 1.29 is 9.53 Å². The first-order chi connectivity index (χ1) is 11.0. The predicted octanol–water partition coefficient (Wildman–Crippen LogP) is 4.12. The van der Waals surface area contributed by atoms with Crippen molar-refractivity contribution >= 4 is 11.7 Å². The molecule has 23 heavy (non-hydrogen) atoms. The molecule has 122 valence electrons. The summed E-state index contributed by atoms with van der Waals surface area (Å²) in [6, 6.07) is 11.6. The molecule has 0 fully saturated rings. The van der Waals surface area contributed by atoms with Gasteiger partial charge in [0.05, 0.1) is 6.54 Å². The van der Waals surface area contributed by atoms with Crippen LogP contribution in [-0.4, -0.2) is 19.2 Å². The van der Waals surface area contributed by atoms with Gasteiger partial charge in [-0.05, 0) is 56.0 Å². The number of rotatable bonds is 5. The maximum absolute atomic E-state index is 11.9. The van der Waals surface area contributed by atoms with Gasteiger partial charge in [0.15, 0.2) is 0 Å². The number of carbonyl (C=O) groups is 1. The molecule has 2 aromatic rings. The summed E-state index contributed by atoms with van der Waals surface area (Å²) >= 11 is 0. The second-order valence-electron chi connectivity index (χ2n) is 5.70. The van der Waals surface area contributed by atoms with Crippen LogP contribution in [0.2, 0.25) is 0 Å². The van der Waals surface area contributed by atoms with Crippen molar-refractivity contribution in [2.24, 2.45) is 0 Å². The van der Waals surface area contributed by atoms with Crippen molar-refractivity contribution in [3.05, 3.63) is 58.7 Å². The summed E-state index contributed by atoms with van der Waals surface area (Å²) in [5, 5.41) is 5.64. The van der Waals surface area contributed by atoms with Crippen LogP contribution in [0, 0.1) is 27.7 Å². The van der Waals surface area contributed by atoms with E-state index in [0.29, 0.717) is 13.2 Å². The number of ether oxygens (including phenoxy) is 1. The molecule has 0 aliphatic rings. The number of aryl methyl sites for hydroxylation is 3. The summed E-state index contributed by atoms with van der Waals surface area (Å²) in [6.45, 7) is 8.99. The second-order valence-corrected chi connectivity index (χ2v) is 5.70. The zero-order chi connectivity index (χ0) is 16.8. The lowest BCUT2D eigenvalue weighted by Crippen LogP contribution is -2.32. The minimum atomic E-state index is -0.222. The molecule has 2 N–H and O–H groups in total. The number of urea groups is 1. The topological polar surface area (TPSA) is 50.4 Å². The van der Waals surface area contributed by atoms with Gasteiger partial charge < -0.3 is 15.4 Å². The molecule has 0 spiro atoms. The maximum atomic E-state index is 11.9. The number of amides is 2. The van der Waals surface area contributed by atoms with E-state index in [0.717, 1.165) is 28.1 Å². The molecule has 0 radical (unpaired) electrons. The third kappa shape index (κ3) is 4.49. The average molecular weight is 312 g/mol. The van der Waals surface area contributed by atoms with Crippen molar-refractivity contribution in [2.45, 2.75) is 27.7 Å². The van der Waals surface area contributed by atoms with Crippen LogP contribution in [0.15, 0.2) is 36.4 Å². The van der Waals surface area contributed by atoms with Crippen LogP contribution in [0.3, 0.4) is 0 Å². The van der Waals surface area contributed by atoms with Crippen LogP contribution in [0.5, 0.6) is 5.75 Å². The number of para-hydroxylation sites is 1. The van der Waals surface area contributed by atoms with Crippen LogP contribution in [0.25, 0.3) is 0 Å². The molecule has 4 heteroatoms. The van der Waals surface area contributed by atoms with Gasteiger partial charge in [0.2, 0.25) is 0 Å². The number of nitrogens with one attached hydrogen (secondary N) is 2. The van der Waals surface area contributed by atoms with E-state index in [-0.39, 0.29) is 6.03 Å². The Balaban J connectivity index is 1.81. The fourth-order valence-electron chi connectivity index (χ4n) is 2.34. The Bertz CT molecular complexity index is 696. The van der Waals surface area contributed by atoms with E-state index in [9.17, 15) is 4.79 Å². The molecule has 2 aromatic carbocycles. The predicted molar refractivity (Wildman–Crippen MR) is 94.3 cm³/mol. The SMILES string of the molecule is Cc1ccccc1NC(=O)NCCOc1c(C)ccc(C)c1C. The first-order valence-corrected chi connectivity index (χ1v) is 7.79. The van der Waals surface area contributed by atoms with Crippen LogP contribution < -0.4 is 15.4 Å². The van der Waals surface area contributed by atoms with Gasteiger partial charge in [-0.2, -0.15) is 0 Å². The molecule has 0 heterocycles. The molecule has 0 saturated heterocycles. The fraction of sp³-hybridized carbons (Fsp3) is 0.316. The Morgan fingerprint density at radius 3 is 2.39 bits per heavy atom. The number of carbonyl (C=O) groups excluding carboxylic acids is 1. The number of hydrogen-bond acceptors (Lipinski definition) is 2. The standard InChI is InChI=1S/C19H24N2O2/c1-13-9-10-15(3)18(16(13)4)23-12-11-20-19(22)21-17-8-6-5-7-14(17)2/h5-10H,11-12H2,1-4H3,(H2,20,21,22). The van der Waals surface area contributed by atoms with E-state index in [4.69, 9.17) is 4.74 Å². The highest BCUT2D eigenvalue weighted by Gasteiger charge is 2.07. The molecule has 0 aliphatic carbocycles. The normalized spacial score (nSPS) is 10.3. The van der Waals surface area contributed by atoms with Crippen LogP contribution in [-0.2, 0) is 0 Å². The number of hydrogen-bond donors (Lipinski definition) is 2. The lowest BCUT2D eigenvalue weighted by molar-refractivity contribution is 0.247. The molecule has 4 nitrogen and oxygen atoms in total. The Morgan fingerprint density at radius 1 is 0.957 bits per heavy atom. The highest BCUT2D eigenvalue weighted by Crippen LogP contribution is 2.25. The minimum Gasteiger partial charge on any atom is -0.491 e. The van der Waals surface area contributed by atoms with Gasteiger partial charge in [-0.25, -0.2) is 4.79 Å². The third-order valence-corrected chi connectivity index (χ3v) is 3.90. The Morgan fingerprint density at radius 2 is 1.65 bits per heavy atom. The molecule has 2 rings (SSSR count). The van der Waals surface area contributed by atoms with Gasteiger partial charge in [0.1, 0.15) is 12.4 Å². The Hall–Kier alpha value is -2.49. The highest BCUT2D eigenvalue weighted by molar-refractivity contribution is 5.89. The lowest BCUT2D eigenvalue weighted by atomic mass is 10.1. The number of benzene rings is 2. The van der Waals surface area contributed by atoms with E-state index in [2.05, 4.69) is 36.6 Å². The van der Waals surface area contributed by atoms with Gasteiger partial charge in [0, 0.05) is 5.69 Å².